The molecule has 2 heterocycles. The molecule has 0 amide bonds. The van der Waals surface area contributed by atoms with Gasteiger partial charge in [0.15, 0.2) is 0 Å². The third-order valence-electron chi connectivity index (χ3n) is 3.23. The Morgan fingerprint density at radius 1 is 0.947 bits per heavy atom. The maximum absolute atomic E-state index is 4.43. The number of rotatable bonds is 3. The van der Waals surface area contributed by atoms with Crippen molar-refractivity contribution < 1.29 is 0 Å². The second-order valence-electron chi connectivity index (χ2n) is 4.43. The van der Waals surface area contributed by atoms with Gasteiger partial charge in [-0.2, -0.15) is 0 Å². The topological polar surface area (TPSA) is 37.8 Å². The first kappa shape index (κ1) is 11.8. The van der Waals surface area contributed by atoms with Gasteiger partial charge < -0.3 is 5.32 Å². The van der Waals surface area contributed by atoms with Crippen molar-refractivity contribution in [1.29, 1.82) is 0 Å². The second-order valence-corrected chi connectivity index (χ2v) is 4.43. The van der Waals surface area contributed by atoms with E-state index in [2.05, 4.69) is 39.6 Å². The highest BCUT2D eigenvalue weighted by molar-refractivity contribution is 5.79. The molecule has 0 aliphatic rings. The van der Waals surface area contributed by atoms with Gasteiger partial charge in [0, 0.05) is 17.8 Å². The molecule has 19 heavy (non-hydrogen) atoms. The van der Waals surface area contributed by atoms with Crippen molar-refractivity contribution >= 4 is 10.9 Å². The lowest BCUT2D eigenvalue weighted by molar-refractivity contribution is 0.672. The Balaban J connectivity index is 2.06. The molecule has 0 fully saturated rings. The number of nitrogens with one attached hydrogen (secondary N) is 1. The van der Waals surface area contributed by atoms with E-state index in [0.717, 1.165) is 16.6 Å². The molecule has 3 aromatic rings. The summed E-state index contributed by atoms with van der Waals surface area (Å²) in [6.07, 6.45) is 3.64. The van der Waals surface area contributed by atoms with Gasteiger partial charge in [-0.3, -0.25) is 9.97 Å². The Morgan fingerprint density at radius 3 is 2.63 bits per heavy atom. The molecule has 0 aliphatic heterocycles. The lowest BCUT2D eigenvalue weighted by Gasteiger charge is -2.16. The molecule has 0 saturated carbocycles. The number of hydrogen-bond acceptors (Lipinski definition) is 3. The molecule has 1 atom stereocenters. The van der Waals surface area contributed by atoms with Crippen molar-refractivity contribution in [2.45, 2.75) is 6.04 Å². The highest BCUT2D eigenvalue weighted by Crippen LogP contribution is 2.23. The van der Waals surface area contributed by atoms with E-state index in [0.29, 0.717) is 0 Å². The van der Waals surface area contributed by atoms with Gasteiger partial charge in [-0.25, -0.2) is 0 Å². The van der Waals surface area contributed by atoms with Gasteiger partial charge in [0.1, 0.15) is 0 Å². The van der Waals surface area contributed by atoms with Crippen LogP contribution in [0, 0.1) is 0 Å². The summed E-state index contributed by atoms with van der Waals surface area (Å²) >= 11 is 0. The zero-order valence-electron chi connectivity index (χ0n) is 10.7. The third-order valence-corrected chi connectivity index (χ3v) is 3.23. The van der Waals surface area contributed by atoms with E-state index < -0.39 is 0 Å². The van der Waals surface area contributed by atoms with Crippen LogP contribution in [0.5, 0.6) is 0 Å². The predicted molar refractivity (Wildman–Crippen MR) is 76.9 cm³/mol. The van der Waals surface area contributed by atoms with Crippen molar-refractivity contribution in [3.8, 4) is 0 Å². The maximum atomic E-state index is 4.43. The number of hydrogen-bond donors (Lipinski definition) is 1. The van der Waals surface area contributed by atoms with Gasteiger partial charge in [-0.05, 0) is 42.9 Å². The largest absolute Gasteiger partial charge is 0.308 e. The van der Waals surface area contributed by atoms with Crippen molar-refractivity contribution in [3.63, 3.8) is 0 Å². The highest BCUT2D eigenvalue weighted by atomic mass is 14.9. The minimum Gasteiger partial charge on any atom is -0.308 e. The monoisotopic (exact) mass is 249 g/mol. The van der Waals surface area contributed by atoms with Crippen molar-refractivity contribution in [1.82, 2.24) is 15.3 Å². The van der Waals surface area contributed by atoms with Gasteiger partial charge in [-0.1, -0.05) is 18.2 Å². The van der Waals surface area contributed by atoms with Gasteiger partial charge in [0.25, 0.3) is 0 Å². The predicted octanol–water partition coefficient (Wildman–Crippen LogP) is 2.94. The van der Waals surface area contributed by atoms with Crippen LogP contribution in [-0.4, -0.2) is 17.0 Å². The summed E-state index contributed by atoms with van der Waals surface area (Å²) in [6, 6.07) is 16.4. The summed E-state index contributed by atoms with van der Waals surface area (Å²) in [5, 5.41) is 4.47. The van der Waals surface area contributed by atoms with Crippen LogP contribution in [0.25, 0.3) is 10.9 Å². The molecule has 3 nitrogen and oxygen atoms in total. The van der Waals surface area contributed by atoms with Crippen LogP contribution in [0.3, 0.4) is 0 Å². The average molecular weight is 249 g/mol. The van der Waals surface area contributed by atoms with Crippen LogP contribution in [0.1, 0.15) is 17.3 Å². The van der Waals surface area contributed by atoms with E-state index in [9.17, 15) is 0 Å². The lowest BCUT2D eigenvalue weighted by atomic mass is 10.0. The normalized spacial score (nSPS) is 12.5. The molecule has 2 aromatic heterocycles. The molecular formula is C16H15N3. The molecule has 1 unspecified atom stereocenters. The molecule has 0 aliphatic carbocycles. The number of benzene rings is 1. The Kier molecular flexibility index (Phi) is 3.21. The Labute approximate surface area is 112 Å². The first-order valence-corrected chi connectivity index (χ1v) is 6.31. The summed E-state index contributed by atoms with van der Waals surface area (Å²) in [4.78, 5) is 8.77. The fraction of sp³-hybridized carbons (Fsp3) is 0.125. The van der Waals surface area contributed by atoms with E-state index in [1.165, 1.54) is 5.56 Å². The third kappa shape index (κ3) is 2.33. The Morgan fingerprint density at radius 2 is 1.84 bits per heavy atom. The first-order chi connectivity index (χ1) is 9.38. The molecule has 0 saturated heterocycles. The molecule has 94 valence electrons. The van der Waals surface area contributed by atoms with E-state index in [4.69, 9.17) is 0 Å². The van der Waals surface area contributed by atoms with Crippen LogP contribution < -0.4 is 5.32 Å². The van der Waals surface area contributed by atoms with E-state index >= 15 is 0 Å². The summed E-state index contributed by atoms with van der Waals surface area (Å²) in [5.41, 5.74) is 3.23. The molecule has 0 spiro atoms. The van der Waals surface area contributed by atoms with Crippen molar-refractivity contribution in [2.24, 2.45) is 0 Å². The van der Waals surface area contributed by atoms with E-state index in [1.54, 1.807) is 0 Å². The van der Waals surface area contributed by atoms with Crippen molar-refractivity contribution in [2.75, 3.05) is 7.05 Å². The molecule has 3 rings (SSSR count). The molecule has 1 N–H and O–H groups in total. The van der Waals surface area contributed by atoms with Gasteiger partial charge in [-0.15, -0.1) is 0 Å². The van der Waals surface area contributed by atoms with Crippen LogP contribution in [0.2, 0.25) is 0 Å². The zero-order chi connectivity index (χ0) is 13.1. The molecular weight excluding hydrogens is 234 g/mol. The quantitative estimate of drug-likeness (QED) is 0.775. The molecule has 1 aromatic carbocycles. The minimum absolute atomic E-state index is 0.103. The smallest absolute Gasteiger partial charge is 0.0749 e. The number of pyridine rings is 2. The summed E-state index contributed by atoms with van der Waals surface area (Å²) < 4.78 is 0. The standard InChI is InChI=1S/C16H15N3/c1-17-16(15-6-2-3-9-19-15)13-7-8-14-12(11-13)5-4-10-18-14/h2-11,16-17H,1H3. The SMILES string of the molecule is CNC(c1ccc2ncccc2c1)c1ccccn1. The fourth-order valence-electron chi connectivity index (χ4n) is 2.31. The van der Waals surface area contributed by atoms with Gasteiger partial charge >= 0.3 is 0 Å². The maximum Gasteiger partial charge on any atom is 0.0749 e. The van der Waals surface area contributed by atoms with Gasteiger partial charge in [0.05, 0.1) is 17.3 Å². The summed E-state index contributed by atoms with van der Waals surface area (Å²) in [7, 11) is 1.95. The molecule has 0 radical (unpaired) electrons. The van der Waals surface area contributed by atoms with Crippen LogP contribution in [0.4, 0.5) is 0 Å². The number of aromatic nitrogens is 2. The van der Waals surface area contributed by atoms with E-state index in [-0.39, 0.29) is 6.04 Å². The van der Waals surface area contributed by atoms with E-state index in [1.807, 2.05) is 43.7 Å². The zero-order valence-corrected chi connectivity index (χ0v) is 10.7. The minimum atomic E-state index is 0.103. The number of nitrogens with zero attached hydrogens (tertiary/aromatic N) is 2. The lowest BCUT2D eigenvalue weighted by Crippen LogP contribution is -2.18. The van der Waals surface area contributed by atoms with Crippen LogP contribution in [-0.2, 0) is 0 Å². The molecule has 0 bridgehead atoms. The second kappa shape index (κ2) is 5.16. The van der Waals surface area contributed by atoms with Gasteiger partial charge in [0.2, 0.25) is 0 Å². The first-order valence-electron chi connectivity index (χ1n) is 6.31. The average Bonchev–Trinajstić information content (AvgIpc) is 2.49. The highest BCUT2D eigenvalue weighted by Gasteiger charge is 2.13. The summed E-state index contributed by atoms with van der Waals surface area (Å²) in [6.45, 7) is 0. The van der Waals surface area contributed by atoms with Crippen molar-refractivity contribution in [3.05, 3.63) is 72.2 Å². The fourth-order valence-corrected chi connectivity index (χ4v) is 2.31. The number of fused-ring (bicyclic) bond motifs is 1. The van der Waals surface area contributed by atoms with Crippen LogP contribution in [0.15, 0.2) is 60.9 Å². The van der Waals surface area contributed by atoms with Crippen LogP contribution >= 0.6 is 0 Å². The Hall–Kier alpha value is -2.26. The molecule has 3 heteroatoms. The Bertz CT molecular complexity index is 680. The summed E-state index contributed by atoms with van der Waals surface area (Å²) in [5.74, 6) is 0.